The summed E-state index contributed by atoms with van der Waals surface area (Å²) in [5.41, 5.74) is 0. The molecule has 0 spiro atoms. The molecule has 0 unspecified atom stereocenters. The van der Waals surface area contributed by atoms with E-state index in [-0.39, 0.29) is 0 Å². The summed E-state index contributed by atoms with van der Waals surface area (Å²) < 4.78 is 413. The van der Waals surface area contributed by atoms with Crippen molar-refractivity contribution in [2.24, 2.45) is 0 Å². The van der Waals surface area contributed by atoms with E-state index in [0.717, 1.165) is 0 Å². The first-order valence-electron chi connectivity index (χ1n) is 11.0. The Morgan fingerprint density at radius 3 is 0.750 bits per heavy atom. The lowest BCUT2D eigenvalue weighted by Crippen LogP contribution is -2.79. The number of carboxylic acid groups (broad SMARTS) is 1. The third kappa shape index (κ3) is 5.72. The molecular weight excluding hydrogens is 865 g/mol. The van der Waals surface area contributed by atoms with Crippen molar-refractivity contribution in [3.05, 3.63) is 0 Å². The molecule has 0 radical (unpaired) electrons. The number of aliphatic carboxylic acids is 1. The quantitative estimate of drug-likeness (QED) is 0.159. The molecule has 0 aliphatic heterocycles. The number of nitrogens with zero attached hydrogens (tertiary/aromatic N) is 1. The van der Waals surface area contributed by atoms with E-state index < -0.39 is 116 Å². The highest BCUT2D eigenvalue weighted by Gasteiger charge is 3.01. The largest absolute Gasteiger partial charge is 0.480 e. The molecule has 0 aromatic rings. The van der Waals surface area contributed by atoms with Gasteiger partial charge in [-0.15, -0.1) is 0 Å². The van der Waals surface area contributed by atoms with Gasteiger partial charge in [0.1, 0.15) is 6.54 Å². The van der Waals surface area contributed by atoms with Crippen molar-refractivity contribution < 1.29 is 146 Å². The zero-order valence-corrected chi connectivity index (χ0v) is 23.5. The van der Waals surface area contributed by atoms with Gasteiger partial charge in [0.2, 0.25) is 0 Å². The lowest BCUT2D eigenvalue weighted by atomic mass is 9.84. The van der Waals surface area contributed by atoms with Gasteiger partial charge in [0.15, 0.2) is 0 Å². The minimum Gasteiger partial charge on any atom is -0.480 e. The first-order valence-corrected chi connectivity index (χ1v) is 12.4. The fourth-order valence-corrected chi connectivity index (χ4v) is 4.09. The zero-order chi connectivity index (χ0) is 43.4. The molecule has 5 nitrogen and oxygen atoms in total. The summed E-state index contributed by atoms with van der Waals surface area (Å²) in [7, 11) is -8.68. The summed E-state index contributed by atoms with van der Waals surface area (Å²) in [6.45, 7) is -2.59. The van der Waals surface area contributed by atoms with Crippen LogP contribution in [0.5, 0.6) is 0 Å². The minimum atomic E-state index is -10.1. The van der Waals surface area contributed by atoms with E-state index in [1.54, 1.807) is 0 Å². The molecule has 0 saturated heterocycles. The molecule has 312 valence electrons. The Morgan fingerprint density at radius 1 is 0.404 bits per heavy atom. The second-order valence-corrected chi connectivity index (χ2v) is 11.6. The molecule has 35 heteroatoms. The smallest absolute Gasteiger partial charge is 0.460 e. The van der Waals surface area contributed by atoms with E-state index in [9.17, 15) is 141 Å². The molecule has 0 heterocycles. The van der Waals surface area contributed by atoms with Crippen molar-refractivity contribution in [1.82, 2.24) is 4.31 Å². The maximum absolute atomic E-state index is 13.9. The summed E-state index contributed by atoms with van der Waals surface area (Å²) in [5, 5.41) is -0.0409. The van der Waals surface area contributed by atoms with E-state index in [1.807, 2.05) is 0 Å². The SMILES string of the molecule is CN(CC(=O)O)S(=O)(=O)C(F)(F)C(F)(F)C(F)(F)C(F)(F)C(F)(F)C(F)(F)C(F)(F)C(F)(F)C(F)(F)C(F)(F)C(F)(F)C(F)(F)C(F)(F)C(F)(F)F. The molecule has 0 amide bonds. The van der Waals surface area contributed by atoms with Gasteiger partial charge in [0, 0.05) is 7.05 Å². The molecule has 52 heavy (non-hydrogen) atoms. The number of rotatable bonds is 16. The molecule has 0 atom stereocenters. The van der Waals surface area contributed by atoms with Crippen molar-refractivity contribution in [3.8, 4) is 0 Å². The van der Waals surface area contributed by atoms with Crippen molar-refractivity contribution in [3.63, 3.8) is 0 Å². The van der Waals surface area contributed by atoms with Gasteiger partial charge < -0.3 is 5.11 Å². The second kappa shape index (κ2) is 12.2. The summed E-state index contributed by atoms with van der Waals surface area (Å²) in [5.74, 6) is -119. The van der Waals surface area contributed by atoms with E-state index >= 15 is 0 Å². The van der Waals surface area contributed by atoms with Crippen LogP contribution >= 0.6 is 0 Å². The summed E-state index contributed by atoms with van der Waals surface area (Å²) in [6.07, 6.45) is -8.35. The van der Waals surface area contributed by atoms with Crippen LogP contribution in [0.2, 0.25) is 0 Å². The molecule has 0 saturated carbocycles. The Morgan fingerprint density at radius 2 is 0.577 bits per heavy atom. The minimum absolute atomic E-state index is 0.644. The van der Waals surface area contributed by atoms with Crippen LogP contribution in [0, 0.1) is 0 Å². The van der Waals surface area contributed by atoms with Gasteiger partial charge in [0.05, 0.1) is 0 Å². The van der Waals surface area contributed by atoms with Crippen molar-refractivity contribution in [2.45, 2.75) is 82.5 Å². The first kappa shape index (κ1) is 49.4. The van der Waals surface area contributed by atoms with Gasteiger partial charge in [-0.05, 0) is 0 Å². The van der Waals surface area contributed by atoms with E-state index in [2.05, 4.69) is 0 Å². The fourth-order valence-electron chi connectivity index (χ4n) is 2.97. The molecule has 0 bridgehead atoms. The summed E-state index contributed by atoms with van der Waals surface area (Å²) in [4.78, 5) is 10.3. The topological polar surface area (TPSA) is 74.7 Å². The molecule has 0 aromatic carbocycles. The maximum Gasteiger partial charge on any atom is 0.460 e. The van der Waals surface area contributed by atoms with E-state index in [0.29, 0.717) is 0 Å². The highest BCUT2D eigenvalue weighted by atomic mass is 32.2. The van der Waals surface area contributed by atoms with E-state index in [1.165, 1.54) is 0 Å². The van der Waals surface area contributed by atoms with Crippen molar-refractivity contribution >= 4 is 16.0 Å². The zero-order valence-electron chi connectivity index (χ0n) is 22.7. The number of likely N-dealkylation sites (N-methyl/N-ethyl adjacent to an activating group) is 1. The average molecular weight is 871 g/mol. The normalized spacial score (nSPS) is 16.8. The lowest BCUT2D eigenvalue weighted by molar-refractivity contribution is -0.486. The molecule has 1 N–H and O–H groups in total. The van der Waals surface area contributed by atoms with Crippen LogP contribution in [0.4, 0.5) is 127 Å². The molecule has 0 aliphatic carbocycles. The van der Waals surface area contributed by atoms with Crippen LogP contribution in [-0.2, 0) is 14.8 Å². The predicted molar refractivity (Wildman–Crippen MR) is 99.6 cm³/mol. The van der Waals surface area contributed by atoms with Crippen LogP contribution in [-0.4, -0.2) is 120 Å². The van der Waals surface area contributed by atoms with Gasteiger partial charge in [-0.2, -0.15) is 132 Å². The number of halogens is 29. The Balaban J connectivity index is 7.69. The first-order chi connectivity index (χ1) is 21.8. The van der Waals surface area contributed by atoms with Crippen LogP contribution in [0.3, 0.4) is 0 Å². The average Bonchev–Trinajstić information content (AvgIpc) is 2.90. The number of carbonyl (C=O) groups is 1. The fraction of sp³-hybridized carbons (Fsp3) is 0.941. The second-order valence-electron chi connectivity index (χ2n) is 9.56. The van der Waals surface area contributed by atoms with Gasteiger partial charge in [-0.3, -0.25) is 4.79 Å². The third-order valence-electron chi connectivity index (χ3n) is 6.15. The Hall–Kier alpha value is -2.65. The Labute approximate surface area is 263 Å². The molecule has 0 fully saturated rings. The number of alkyl halides is 29. The monoisotopic (exact) mass is 871 g/mol. The highest BCUT2D eigenvalue weighted by molar-refractivity contribution is 7.90. The van der Waals surface area contributed by atoms with Crippen LogP contribution in [0.1, 0.15) is 0 Å². The van der Waals surface area contributed by atoms with Gasteiger partial charge in [0.25, 0.3) is 10.0 Å². The van der Waals surface area contributed by atoms with Gasteiger partial charge >= 0.3 is 88.5 Å². The van der Waals surface area contributed by atoms with Gasteiger partial charge in [-0.25, -0.2) is 8.42 Å². The van der Waals surface area contributed by atoms with Gasteiger partial charge in [-0.1, -0.05) is 0 Å². The molecule has 0 rings (SSSR count). The van der Waals surface area contributed by atoms with Crippen LogP contribution in [0.25, 0.3) is 0 Å². The summed E-state index contributed by atoms with van der Waals surface area (Å²) in [6, 6.07) is 0. The number of hydrogen-bond acceptors (Lipinski definition) is 3. The third-order valence-corrected chi connectivity index (χ3v) is 8.01. The van der Waals surface area contributed by atoms with Crippen molar-refractivity contribution in [2.75, 3.05) is 13.6 Å². The van der Waals surface area contributed by atoms with E-state index in [4.69, 9.17) is 5.11 Å². The lowest BCUT2D eigenvalue weighted by Gasteiger charge is -2.46. The number of hydrogen-bond donors (Lipinski definition) is 1. The molecule has 0 aliphatic rings. The predicted octanol–water partition coefficient (Wildman–Crippen LogP) is 8.11. The molecule has 0 aromatic heterocycles. The highest BCUT2D eigenvalue weighted by Crippen LogP contribution is 2.69. The van der Waals surface area contributed by atoms with Crippen LogP contribution < -0.4 is 0 Å². The maximum atomic E-state index is 13.9. The standard InChI is InChI=1S/C17H6F29NO4S/c1-47(2-3(48)49)52(50,51)17(45,46)15(40,41)13(36,37)11(32,33)9(28,29)7(24,25)5(20,21)4(18,19)6(22,23)8(26,27)10(30,31)12(34,35)14(38,39)16(42,43)44/h2H2,1H3,(H,48,49). The summed E-state index contributed by atoms with van der Waals surface area (Å²) >= 11 is 0. The Bertz CT molecular complexity index is 1460. The molecular formula is C17H6F29NO4S. The van der Waals surface area contributed by atoms with Crippen molar-refractivity contribution in [1.29, 1.82) is 0 Å². The Kier molecular flexibility index (Phi) is 11.6. The number of sulfonamides is 1. The number of carboxylic acids is 1. The van der Waals surface area contributed by atoms with Crippen LogP contribution in [0.15, 0.2) is 0 Å².